The number of nitrogens with zero attached hydrogens (tertiary/aromatic N) is 4. The summed E-state index contributed by atoms with van der Waals surface area (Å²) >= 11 is 0. The largest absolute Gasteiger partial charge is 1.00 e. The Kier molecular flexibility index (Phi) is 14.5. The van der Waals surface area contributed by atoms with E-state index in [1.165, 1.54) is 0 Å². The van der Waals surface area contributed by atoms with E-state index < -0.39 is 27.2 Å². The van der Waals surface area contributed by atoms with Gasteiger partial charge in [-0.3, -0.25) is 9.36 Å². The molecular weight excluding hydrogens is 656 g/mol. The first-order valence-electron chi connectivity index (χ1n) is 17.6. The normalized spacial score (nSPS) is 14.0. The monoisotopic (exact) mass is 722 g/mol. The summed E-state index contributed by atoms with van der Waals surface area (Å²) in [5.41, 5.74) is 4.10. The molecule has 0 saturated heterocycles. The number of imidazole rings is 2. The molecule has 0 aliphatic heterocycles. The van der Waals surface area contributed by atoms with Gasteiger partial charge in [-0.1, -0.05) is 146 Å². The minimum atomic E-state index is -1.89. The third kappa shape index (κ3) is 9.37. The molecule has 0 aliphatic rings. The van der Waals surface area contributed by atoms with E-state index in [0.29, 0.717) is 5.69 Å². The number of hydrogen-bond acceptors (Lipinski definition) is 4. The van der Waals surface area contributed by atoms with E-state index in [0.717, 1.165) is 28.0 Å². The van der Waals surface area contributed by atoms with Crippen molar-refractivity contribution in [1.29, 1.82) is 0 Å². The van der Waals surface area contributed by atoms with Crippen LogP contribution in [0.4, 0.5) is 0 Å². The molecule has 2 heterocycles. The second-order valence-corrected chi connectivity index (χ2v) is 29.3. The molecule has 276 valence electrons. The van der Waals surface area contributed by atoms with Crippen molar-refractivity contribution in [2.24, 2.45) is 10.8 Å². The molecule has 0 aliphatic carbocycles. The van der Waals surface area contributed by atoms with Gasteiger partial charge in [-0.15, -0.1) is 0 Å². The number of carbonyl (C=O) groups excluding carboxylic acids is 1. The summed E-state index contributed by atoms with van der Waals surface area (Å²) in [6, 6.07) is 20.4. The predicted octanol–water partition coefficient (Wildman–Crippen LogP) is 7.11. The van der Waals surface area contributed by atoms with Crippen LogP contribution in [0.1, 0.15) is 106 Å². The fourth-order valence-electron chi connectivity index (χ4n) is 5.21. The molecule has 4 rings (SSSR count). The van der Waals surface area contributed by atoms with Gasteiger partial charge in [0.15, 0.2) is 5.78 Å². The molecule has 51 heavy (non-hydrogen) atoms. The Morgan fingerprint density at radius 3 is 1.31 bits per heavy atom. The van der Waals surface area contributed by atoms with E-state index >= 15 is 0 Å². The molecular formula is C42H67LiN4O2Si2. The minimum absolute atomic E-state index is 0. The molecule has 1 unspecified atom stereocenters. The van der Waals surface area contributed by atoms with E-state index in [1.807, 2.05) is 70.3 Å². The van der Waals surface area contributed by atoms with Crippen molar-refractivity contribution >= 4 is 32.8 Å². The van der Waals surface area contributed by atoms with Crippen LogP contribution in [0.3, 0.4) is 0 Å². The zero-order valence-corrected chi connectivity index (χ0v) is 37.6. The van der Waals surface area contributed by atoms with Gasteiger partial charge in [0.05, 0.1) is 29.0 Å². The Bertz CT molecular complexity index is 1690. The number of carbonyl (C=O) groups is 1. The standard InChI is InChI=1S/C21H34N2OSi.C20H30N2OSi.CH3.Li/c1-19(2,3)21(7,24)17-15-22-18(25(8,9)20(4,5)6)23(17)16-13-11-10-12-14-16;1-19(2,3)17(23)16-14-21-18(24(7,8)20(4,5)6)22(16)15-12-10-9-11-13-15;;/h10-15,24H,1-9H3;9-14H,1-8H3;1H3;/q;;-1;+1. The van der Waals surface area contributed by atoms with Gasteiger partial charge in [0, 0.05) is 16.8 Å². The Hall–Kier alpha value is -2.48. The number of aromatic nitrogens is 4. The van der Waals surface area contributed by atoms with Gasteiger partial charge in [0.2, 0.25) is 0 Å². The van der Waals surface area contributed by atoms with Crippen LogP contribution in [0, 0.1) is 18.3 Å². The van der Waals surface area contributed by atoms with Crippen molar-refractivity contribution < 1.29 is 28.8 Å². The number of rotatable bonds is 6. The van der Waals surface area contributed by atoms with Crippen molar-refractivity contribution in [3.05, 3.63) is 91.9 Å². The van der Waals surface area contributed by atoms with Gasteiger partial charge in [-0.2, -0.15) is 0 Å². The van der Waals surface area contributed by atoms with Crippen LogP contribution in [-0.4, -0.2) is 46.1 Å². The van der Waals surface area contributed by atoms with Crippen LogP contribution in [0.15, 0.2) is 73.1 Å². The number of Topliss-reactive ketones (excluding diaryl/α,β-unsaturated/α-hetero) is 1. The number of benzene rings is 2. The van der Waals surface area contributed by atoms with E-state index in [-0.39, 0.29) is 47.6 Å². The number of para-hydroxylation sites is 2. The van der Waals surface area contributed by atoms with Crippen molar-refractivity contribution in [2.45, 2.75) is 132 Å². The molecule has 0 amide bonds. The molecule has 0 saturated carbocycles. The summed E-state index contributed by atoms with van der Waals surface area (Å²) in [7, 11) is -3.78. The summed E-state index contributed by atoms with van der Waals surface area (Å²) in [4.78, 5) is 22.6. The fourth-order valence-corrected chi connectivity index (χ4v) is 8.94. The van der Waals surface area contributed by atoms with Crippen molar-refractivity contribution in [1.82, 2.24) is 19.1 Å². The van der Waals surface area contributed by atoms with Crippen molar-refractivity contribution in [3.63, 3.8) is 0 Å². The zero-order valence-electron chi connectivity index (χ0n) is 35.6. The minimum Gasteiger partial charge on any atom is -0.383 e. The second kappa shape index (κ2) is 15.9. The Labute approximate surface area is 325 Å². The van der Waals surface area contributed by atoms with Crippen LogP contribution >= 0.6 is 0 Å². The summed E-state index contributed by atoms with van der Waals surface area (Å²) in [6.45, 7) is 37.1. The number of aliphatic hydroxyl groups is 1. The van der Waals surface area contributed by atoms with E-state index in [1.54, 1.807) is 6.20 Å². The summed E-state index contributed by atoms with van der Waals surface area (Å²) in [5.74, 6) is 0.129. The molecule has 2 aromatic carbocycles. The molecule has 0 radical (unpaired) electrons. The van der Waals surface area contributed by atoms with Gasteiger partial charge >= 0.3 is 18.9 Å². The number of ketones is 1. The average Bonchev–Trinajstić information content (AvgIpc) is 3.62. The smallest absolute Gasteiger partial charge is 0.383 e. The van der Waals surface area contributed by atoms with Crippen LogP contribution in [0.5, 0.6) is 0 Å². The first-order valence-corrected chi connectivity index (χ1v) is 23.6. The molecule has 0 bridgehead atoms. The first-order chi connectivity index (χ1) is 22.1. The SMILES string of the molecule is CC(C)(C)C(=O)c1cnc([Si](C)(C)C(C)(C)C)n1-c1ccccc1.CC(C)(C)C(C)(O)c1cnc([Si](C)(C)C(C)(C)C)n1-c1ccccc1.[CH3-].[Li+]. The summed E-state index contributed by atoms with van der Waals surface area (Å²) in [6.07, 6.45) is 3.66. The van der Waals surface area contributed by atoms with Crippen LogP contribution in [0.25, 0.3) is 11.4 Å². The Morgan fingerprint density at radius 1 is 0.608 bits per heavy atom. The van der Waals surface area contributed by atoms with E-state index in [2.05, 4.69) is 122 Å². The third-order valence-corrected chi connectivity index (χ3v) is 21.7. The molecule has 2 aromatic heterocycles. The summed E-state index contributed by atoms with van der Waals surface area (Å²) < 4.78 is 4.31. The van der Waals surface area contributed by atoms with E-state index in [9.17, 15) is 9.90 Å². The van der Waals surface area contributed by atoms with Crippen LogP contribution < -0.4 is 29.8 Å². The molecule has 0 fully saturated rings. The van der Waals surface area contributed by atoms with Crippen LogP contribution in [-0.2, 0) is 5.60 Å². The molecule has 6 nitrogen and oxygen atoms in total. The van der Waals surface area contributed by atoms with Gasteiger partial charge in [0.1, 0.15) is 27.4 Å². The summed E-state index contributed by atoms with van der Waals surface area (Å²) in [5, 5.41) is 11.7. The van der Waals surface area contributed by atoms with Gasteiger partial charge in [-0.25, -0.2) is 9.97 Å². The molecule has 9 heteroatoms. The third-order valence-electron chi connectivity index (χ3n) is 11.3. The second-order valence-electron chi connectivity index (χ2n) is 18.9. The van der Waals surface area contributed by atoms with Crippen molar-refractivity contribution in [3.8, 4) is 11.4 Å². The fraction of sp³-hybridized carbons (Fsp3) is 0.524. The molecule has 1 atom stereocenters. The maximum absolute atomic E-state index is 13.0. The quantitative estimate of drug-likeness (QED) is 0.131. The topological polar surface area (TPSA) is 72.9 Å². The average molecular weight is 723 g/mol. The van der Waals surface area contributed by atoms with Crippen molar-refractivity contribution in [2.75, 3.05) is 0 Å². The first kappa shape index (κ1) is 46.5. The number of hydrogen-bond donors (Lipinski definition) is 1. The van der Waals surface area contributed by atoms with E-state index in [4.69, 9.17) is 9.97 Å². The van der Waals surface area contributed by atoms with Gasteiger partial charge in [-0.05, 0) is 46.7 Å². The molecule has 0 spiro atoms. The molecule has 4 aromatic rings. The Morgan fingerprint density at radius 2 is 0.961 bits per heavy atom. The van der Waals surface area contributed by atoms with Gasteiger partial charge in [0.25, 0.3) is 0 Å². The Balaban J connectivity index is 0.000000491. The van der Waals surface area contributed by atoms with Gasteiger partial charge < -0.3 is 17.1 Å². The maximum Gasteiger partial charge on any atom is 1.00 e. The maximum atomic E-state index is 13.0. The molecule has 1 N–H and O–H groups in total. The zero-order chi connectivity index (χ0) is 37.6. The van der Waals surface area contributed by atoms with Crippen LogP contribution in [0.2, 0.25) is 36.3 Å². The predicted molar refractivity (Wildman–Crippen MR) is 220 cm³/mol.